The van der Waals surface area contributed by atoms with Gasteiger partial charge in [-0.15, -0.1) is 10.2 Å². The summed E-state index contributed by atoms with van der Waals surface area (Å²) in [6.45, 7) is 0. The summed E-state index contributed by atoms with van der Waals surface area (Å²) in [5.41, 5.74) is 7.05. The molecule has 0 unspecified atom stereocenters. The van der Waals surface area contributed by atoms with E-state index in [9.17, 15) is 5.11 Å². The molecule has 16 heavy (non-hydrogen) atoms. The number of hydrogen-bond donors (Lipinski definition) is 2. The second-order valence-electron chi connectivity index (χ2n) is 3.41. The van der Waals surface area contributed by atoms with Gasteiger partial charge in [0.05, 0.1) is 5.69 Å². The van der Waals surface area contributed by atoms with Gasteiger partial charge < -0.3 is 15.4 Å². The molecule has 0 saturated heterocycles. The van der Waals surface area contributed by atoms with Gasteiger partial charge in [0.25, 0.3) is 0 Å². The van der Waals surface area contributed by atoms with E-state index in [2.05, 4.69) is 10.2 Å². The van der Waals surface area contributed by atoms with Gasteiger partial charge in [-0.25, -0.2) is 0 Å². The predicted molar refractivity (Wildman–Crippen MR) is 63.1 cm³/mol. The van der Waals surface area contributed by atoms with Crippen molar-refractivity contribution in [2.75, 3.05) is 5.73 Å². The normalized spacial score (nSPS) is 10.6. The quantitative estimate of drug-likeness (QED) is 0.478. The van der Waals surface area contributed by atoms with E-state index >= 15 is 0 Å². The van der Waals surface area contributed by atoms with Crippen molar-refractivity contribution in [1.29, 1.82) is 0 Å². The summed E-state index contributed by atoms with van der Waals surface area (Å²) < 4.78 is 1.86. The van der Waals surface area contributed by atoms with Gasteiger partial charge in [0, 0.05) is 12.8 Å². The van der Waals surface area contributed by atoms with Crippen LogP contribution >= 0.6 is 11.8 Å². The maximum absolute atomic E-state index is 9.28. The molecule has 3 N–H and O–H groups in total. The van der Waals surface area contributed by atoms with Gasteiger partial charge in [0.15, 0.2) is 5.16 Å². The van der Waals surface area contributed by atoms with Crippen LogP contribution in [0.2, 0.25) is 0 Å². The summed E-state index contributed by atoms with van der Waals surface area (Å²) in [5.74, 6) is 0.865. The highest BCUT2D eigenvalue weighted by Gasteiger charge is 2.03. The van der Waals surface area contributed by atoms with E-state index in [1.54, 1.807) is 30.2 Å². The first kappa shape index (κ1) is 10.8. The lowest BCUT2D eigenvalue weighted by Gasteiger charge is -2.03. The first-order valence-corrected chi connectivity index (χ1v) is 5.69. The van der Waals surface area contributed by atoms with Gasteiger partial charge in [-0.2, -0.15) is 0 Å². The molecule has 0 aliphatic rings. The Balaban J connectivity index is 2.05. The topological polar surface area (TPSA) is 77.0 Å². The molecule has 0 aliphatic carbocycles. The number of anilines is 1. The summed E-state index contributed by atoms with van der Waals surface area (Å²) in [6, 6.07) is 5.20. The molecule has 0 saturated carbocycles. The monoisotopic (exact) mass is 236 g/mol. The van der Waals surface area contributed by atoms with E-state index in [-0.39, 0.29) is 5.75 Å². The lowest BCUT2D eigenvalue weighted by Crippen LogP contribution is -1.91. The SMILES string of the molecule is Cn1cnnc1SCc1ccc(O)c(N)c1. The van der Waals surface area contributed by atoms with Gasteiger partial charge in [-0.1, -0.05) is 17.8 Å². The van der Waals surface area contributed by atoms with E-state index in [1.807, 2.05) is 17.7 Å². The Morgan fingerprint density at radius 1 is 1.50 bits per heavy atom. The molecule has 0 amide bonds. The number of thioether (sulfide) groups is 1. The van der Waals surface area contributed by atoms with Gasteiger partial charge >= 0.3 is 0 Å². The molecular weight excluding hydrogens is 224 g/mol. The number of rotatable bonds is 3. The van der Waals surface area contributed by atoms with Gasteiger partial charge in [-0.3, -0.25) is 0 Å². The van der Waals surface area contributed by atoms with E-state index < -0.39 is 0 Å². The minimum Gasteiger partial charge on any atom is -0.506 e. The van der Waals surface area contributed by atoms with Crippen molar-refractivity contribution in [1.82, 2.24) is 14.8 Å². The number of hydrogen-bond acceptors (Lipinski definition) is 5. The lowest BCUT2D eigenvalue weighted by atomic mass is 10.2. The third-order valence-corrected chi connectivity index (χ3v) is 3.24. The summed E-state index contributed by atoms with van der Waals surface area (Å²) >= 11 is 1.57. The summed E-state index contributed by atoms with van der Waals surface area (Å²) in [7, 11) is 1.90. The second kappa shape index (κ2) is 4.44. The van der Waals surface area contributed by atoms with Crippen LogP contribution in [0.5, 0.6) is 5.75 Å². The van der Waals surface area contributed by atoms with Crippen molar-refractivity contribution in [3.8, 4) is 5.75 Å². The molecule has 84 valence electrons. The Hall–Kier alpha value is -1.69. The number of phenols is 1. The van der Waals surface area contributed by atoms with Crippen molar-refractivity contribution < 1.29 is 5.11 Å². The smallest absolute Gasteiger partial charge is 0.191 e. The number of aromatic hydroxyl groups is 1. The molecule has 6 heteroatoms. The van der Waals surface area contributed by atoms with Crippen molar-refractivity contribution in [2.24, 2.45) is 7.05 Å². The minimum absolute atomic E-state index is 0.118. The first-order chi connectivity index (χ1) is 7.66. The van der Waals surface area contributed by atoms with Gasteiger partial charge in [0.1, 0.15) is 12.1 Å². The molecule has 0 atom stereocenters. The molecular formula is C10H12N4OS. The van der Waals surface area contributed by atoms with E-state index in [1.165, 1.54) is 0 Å². The Bertz CT molecular complexity index is 497. The van der Waals surface area contributed by atoms with Crippen LogP contribution in [0, 0.1) is 0 Å². The van der Waals surface area contributed by atoms with E-state index in [0.29, 0.717) is 5.69 Å². The van der Waals surface area contributed by atoms with Crippen LogP contribution in [-0.2, 0) is 12.8 Å². The average Bonchev–Trinajstić information content (AvgIpc) is 2.66. The van der Waals surface area contributed by atoms with Gasteiger partial charge in [-0.05, 0) is 17.7 Å². The Morgan fingerprint density at radius 3 is 2.94 bits per heavy atom. The lowest BCUT2D eigenvalue weighted by molar-refractivity contribution is 0.478. The molecule has 5 nitrogen and oxygen atoms in total. The first-order valence-electron chi connectivity index (χ1n) is 4.71. The minimum atomic E-state index is 0.118. The number of nitrogens with zero attached hydrogens (tertiary/aromatic N) is 3. The van der Waals surface area contributed by atoms with Crippen molar-refractivity contribution in [3.63, 3.8) is 0 Å². The maximum Gasteiger partial charge on any atom is 0.191 e. The van der Waals surface area contributed by atoms with Crippen LogP contribution in [0.3, 0.4) is 0 Å². The molecule has 0 aliphatic heterocycles. The number of aromatic nitrogens is 3. The van der Waals surface area contributed by atoms with Crippen molar-refractivity contribution in [3.05, 3.63) is 30.1 Å². The number of benzene rings is 1. The molecule has 0 spiro atoms. The van der Waals surface area contributed by atoms with E-state index in [4.69, 9.17) is 5.73 Å². The zero-order chi connectivity index (χ0) is 11.5. The highest BCUT2D eigenvalue weighted by molar-refractivity contribution is 7.98. The molecule has 1 aromatic heterocycles. The number of nitrogen functional groups attached to an aromatic ring is 1. The third kappa shape index (κ3) is 2.27. The van der Waals surface area contributed by atoms with E-state index in [0.717, 1.165) is 16.5 Å². The molecule has 0 fully saturated rings. The number of aryl methyl sites for hydroxylation is 1. The highest BCUT2D eigenvalue weighted by atomic mass is 32.2. The molecule has 1 heterocycles. The number of nitrogens with two attached hydrogens (primary N) is 1. The highest BCUT2D eigenvalue weighted by Crippen LogP contribution is 2.25. The van der Waals surface area contributed by atoms with Gasteiger partial charge in [0.2, 0.25) is 0 Å². The Labute approximate surface area is 97.3 Å². The predicted octanol–water partition coefficient (Wildman–Crippen LogP) is 1.40. The van der Waals surface area contributed by atoms with Crippen LogP contribution in [-0.4, -0.2) is 19.9 Å². The average molecular weight is 236 g/mol. The zero-order valence-electron chi connectivity index (χ0n) is 8.79. The van der Waals surface area contributed by atoms with Crippen LogP contribution in [0.1, 0.15) is 5.56 Å². The summed E-state index contributed by atoms with van der Waals surface area (Å²) in [6.07, 6.45) is 1.66. The fourth-order valence-corrected chi connectivity index (χ4v) is 2.08. The molecule has 0 bridgehead atoms. The molecule has 0 radical (unpaired) electrons. The zero-order valence-corrected chi connectivity index (χ0v) is 9.61. The van der Waals surface area contributed by atoms with Crippen LogP contribution in [0.15, 0.2) is 29.7 Å². The Morgan fingerprint density at radius 2 is 2.31 bits per heavy atom. The van der Waals surface area contributed by atoms with Crippen LogP contribution in [0.4, 0.5) is 5.69 Å². The second-order valence-corrected chi connectivity index (χ2v) is 4.35. The largest absolute Gasteiger partial charge is 0.506 e. The molecule has 2 rings (SSSR count). The van der Waals surface area contributed by atoms with Crippen LogP contribution < -0.4 is 5.73 Å². The third-order valence-electron chi connectivity index (χ3n) is 2.13. The standard InChI is InChI=1S/C10H12N4OS/c1-14-6-12-13-10(14)16-5-7-2-3-9(15)8(11)4-7/h2-4,6,15H,5,11H2,1H3. The Kier molecular flexibility index (Phi) is 3.00. The summed E-state index contributed by atoms with van der Waals surface area (Å²) in [5, 5.41) is 17.9. The molecule has 1 aromatic carbocycles. The number of phenolic OH excluding ortho intramolecular Hbond substituents is 1. The molecule has 2 aromatic rings. The summed E-state index contributed by atoms with van der Waals surface area (Å²) in [4.78, 5) is 0. The fraction of sp³-hybridized carbons (Fsp3) is 0.200. The van der Waals surface area contributed by atoms with Crippen LogP contribution in [0.25, 0.3) is 0 Å². The van der Waals surface area contributed by atoms with Crippen molar-refractivity contribution >= 4 is 17.4 Å². The fourth-order valence-electron chi connectivity index (χ4n) is 1.24. The van der Waals surface area contributed by atoms with Crippen molar-refractivity contribution in [2.45, 2.75) is 10.9 Å². The maximum atomic E-state index is 9.28.